The van der Waals surface area contributed by atoms with Crippen LogP contribution >= 0.6 is 0 Å². The third-order valence-electron chi connectivity index (χ3n) is 7.77. The third-order valence-corrected chi connectivity index (χ3v) is 20.8. The van der Waals surface area contributed by atoms with Crippen molar-refractivity contribution < 1.29 is 18.4 Å². The second-order valence-electron chi connectivity index (χ2n) is 13.7. The van der Waals surface area contributed by atoms with Crippen LogP contribution in [0.2, 0.25) is 54.4 Å². The molecule has 32 heavy (non-hydrogen) atoms. The van der Waals surface area contributed by atoms with E-state index in [0.717, 1.165) is 5.56 Å². The molecule has 0 heterocycles. The van der Waals surface area contributed by atoms with Gasteiger partial charge in [-0.3, -0.25) is 0 Å². The molecular weight excluding hydrogens is 449 g/mol. The fourth-order valence-electron chi connectivity index (χ4n) is 2.24. The van der Waals surface area contributed by atoms with Crippen LogP contribution in [0.4, 0.5) is 0 Å². The zero-order valence-electron chi connectivity index (χ0n) is 23.5. The van der Waals surface area contributed by atoms with Crippen molar-refractivity contribution in [2.24, 2.45) is 0 Å². The molecule has 0 fully saturated rings. The van der Waals surface area contributed by atoms with E-state index in [4.69, 9.17) is 13.3 Å². The molecule has 0 aliphatic heterocycles. The van der Waals surface area contributed by atoms with Crippen molar-refractivity contribution in [1.29, 1.82) is 0 Å². The summed E-state index contributed by atoms with van der Waals surface area (Å²) in [7, 11) is -6.46. The maximum Gasteiger partial charge on any atom is 0.250 e. The summed E-state index contributed by atoms with van der Waals surface area (Å²) in [6.07, 6.45) is 0. The van der Waals surface area contributed by atoms with Gasteiger partial charge in [0, 0.05) is 0 Å². The van der Waals surface area contributed by atoms with Gasteiger partial charge in [0.2, 0.25) is 0 Å². The standard InChI is InChI=1S/C25H50O4Si3/c1-23(2,3)30(10,11)27-20-16-19(18-26)17-21(28-31(12,13)24(4,5)6)22(20)29-32(14,15)25(7,8)9/h16-17,26H,18H2,1-15H3. The number of benzene rings is 1. The van der Waals surface area contributed by atoms with E-state index < -0.39 is 25.0 Å². The predicted molar refractivity (Wildman–Crippen MR) is 146 cm³/mol. The molecule has 1 aromatic carbocycles. The maximum atomic E-state index is 10.0. The summed E-state index contributed by atoms with van der Waals surface area (Å²) >= 11 is 0. The molecule has 4 nitrogen and oxygen atoms in total. The fraction of sp³-hybridized carbons (Fsp3) is 0.760. The molecular formula is C25H50O4Si3. The van der Waals surface area contributed by atoms with Gasteiger partial charge in [0.1, 0.15) is 11.5 Å². The van der Waals surface area contributed by atoms with Crippen LogP contribution in [0.1, 0.15) is 67.9 Å². The fourth-order valence-corrected chi connectivity index (χ4v) is 5.27. The predicted octanol–water partition coefficient (Wildman–Crippen LogP) is 8.33. The Morgan fingerprint density at radius 1 is 0.594 bits per heavy atom. The Labute approximate surface area is 201 Å². The highest BCUT2D eigenvalue weighted by Crippen LogP contribution is 2.49. The lowest BCUT2D eigenvalue weighted by atomic mass is 10.2. The average Bonchev–Trinajstić information content (AvgIpc) is 2.53. The largest absolute Gasteiger partial charge is 0.541 e. The molecule has 0 saturated heterocycles. The molecule has 186 valence electrons. The summed E-state index contributed by atoms with van der Waals surface area (Å²) in [5, 5.41) is 10.1. The Morgan fingerprint density at radius 2 is 0.875 bits per heavy atom. The van der Waals surface area contributed by atoms with E-state index in [1.165, 1.54) is 0 Å². The second-order valence-corrected chi connectivity index (χ2v) is 27.8. The van der Waals surface area contributed by atoms with Gasteiger partial charge in [0.15, 0.2) is 5.75 Å². The molecule has 0 radical (unpaired) electrons. The van der Waals surface area contributed by atoms with Gasteiger partial charge in [-0.15, -0.1) is 0 Å². The molecule has 1 rings (SSSR count). The Balaban J connectivity index is 3.80. The highest BCUT2D eigenvalue weighted by molar-refractivity contribution is 6.76. The van der Waals surface area contributed by atoms with Crippen LogP contribution in [-0.2, 0) is 6.61 Å². The molecule has 0 aliphatic rings. The van der Waals surface area contributed by atoms with Crippen LogP contribution in [0.5, 0.6) is 17.2 Å². The molecule has 0 unspecified atom stereocenters. The van der Waals surface area contributed by atoms with Crippen LogP contribution in [0, 0.1) is 0 Å². The van der Waals surface area contributed by atoms with Crippen LogP contribution in [0.25, 0.3) is 0 Å². The number of rotatable bonds is 7. The first kappa shape index (κ1) is 29.3. The number of aliphatic hydroxyl groups is 1. The minimum absolute atomic E-state index is 0.0329. The number of aliphatic hydroxyl groups excluding tert-OH is 1. The van der Waals surface area contributed by atoms with E-state index in [0.29, 0.717) is 17.2 Å². The van der Waals surface area contributed by atoms with E-state index in [9.17, 15) is 5.11 Å². The van der Waals surface area contributed by atoms with E-state index in [1.54, 1.807) is 0 Å². The summed E-state index contributed by atoms with van der Waals surface area (Å²) in [5.74, 6) is 2.13. The Bertz CT molecular complexity index is 746. The van der Waals surface area contributed by atoms with E-state index in [-0.39, 0.29) is 21.7 Å². The van der Waals surface area contributed by atoms with Gasteiger partial charge in [0.05, 0.1) is 6.61 Å². The molecule has 1 aromatic rings. The van der Waals surface area contributed by atoms with Gasteiger partial charge in [-0.05, 0) is 72.1 Å². The molecule has 1 N–H and O–H groups in total. The second kappa shape index (κ2) is 9.12. The Hall–Kier alpha value is -0.769. The Morgan fingerprint density at radius 3 is 1.12 bits per heavy atom. The SMILES string of the molecule is CC(C)(C)[Si](C)(C)Oc1cc(CO)cc(O[Si](C)(C)C(C)(C)C)c1O[Si](C)(C)C(C)(C)C. The van der Waals surface area contributed by atoms with Crippen molar-refractivity contribution >= 4 is 25.0 Å². The molecule has 0 saturated carbocycles. The monoisotopic (exact) mass is 498 g/mol. The van der Waals surface area contributed by atoms with Gasteiger partial charge in [-0.2, -0.15) is 0 Å². The summed E-state index contributed by atoms with van der Waals surface area (Å²) in [6, 6.07) is 3.89. The van der Waals surface area contributed by atoms with Crippen molar-refractivity contribution in [3.8, 4) is 17.2 Å². The van der Waals surface area contributed by atoms with Crippen molar-refractivity contribution in [2.45, 2.75) is 123 Å². The zero-order chi connectivity index (χ0) is 25.6. The highest BCUT2D eigenvalue weighted by Gasteiger charge is 2.44. The van der Waals surface area contributed by atoms with E-state index in [2.05, 4.69) is 102 Å². The lowest BCUT2D eigenvalue weighted by Gasteiger charge is -2.42. The number of hydrogen-bond donors (Lipinski definition) is 1. The molecule has 0 atom stereocenters. The lowest BCUT2D eigenvalue weighted by Crippen LogP contribution is -2.47. The topological polar surface area (TPSA) is 47.9 Å². The van der Waals surface area contributed by atoms with E-state index >= 15 is 0 Å². The van der Waals surface area contributed by atoms with Gasteiger partial charge in [-0.25, -0.2) is 0 Å². The third kappa shape index (κ3) is 6.64. The number of hydrogen-bond acceptors (Lipinski definition) is 4. The smallest absolute Gasteiger partial charge is 0.250 e. The van der Waals surface area contributed by atoms with Crippen LogP contribution in [0.15, 0.2) is 12.1 Å². The minimum Gasteiger partial charge on any atom is -0.541 e. The van der Waals surface area contributed by atoms with Crippen LogP contribution < -0.4 is 13.3 Å². The van der Waals surface area contributed by atoms with Crippen molar-refractivity contribution in [3.05, 3.63) is 17.7 Å². The van der Waals surface area contributed by atoms with Gasteiger partial charge in [0.25, 0.3) is 25.0 Å². The van der Waals surface area contributed by atoms with Gasteiger partial charge in [-0.1, -0.05) is 62.3 Å². The van der Waals surface area contributed by atoms with Crippen molar-refractivity contribution in [1.82, 2.24) is 0 Å². The normalized spacial score (nSPS) is 14.4. The molecule has 7 heteroatoms. The summed E-state index contributed by atoms with van der Waals surface area (Å²) < 4.78 is 20.5. The highest BCUT2D eigenvalue weighted by atomic mass is 28.4. The lowest BCUT2D eigenvalue weighted by molar-refractivity contribution is 0.280. The average molecular weight is 499 g/mol. The van der Waals surface area contributed by atoms with Crippen molar-refractivity contribution in [2.75, 3.05) is 0 Å². The molecule has 0 bridgehead atoms. The van der Waals surface area contributed by atoms with Crippen LogP contribution in [-0.4, -0.2) is 30.1 Å². The van der Waals surface area contributed by atoms with Crippen LogP contribution in [0.3, 0.4) is 0 Å². The summed E-state index contributed by atoms with van der Waals surface area (Å²) in [4.78, 5) is 0. The van der Waals surface area contributed by atoms with Gasteiger partial charge >= 0.3 is 0 Å². The first-order valence-electron chi connectivity index (χ1n) is 11.8. The van der Waals surface area contributed by atoms with Gasteiger partial charge < -0.3 is 18.4 Å². The Kier molecular flexibility index (Phi) is 8.34. The molecule has 0 aromatic heterocycles. The van der Waals surface area contributed by atoms with E-state index in [1.807, 2.05) is 12.1 Å². The molecule has 0 amide bonds. The first-order valence-corrected chi connectivity index (χ1v) is 20.5. The summed E-state index contributed by atoms with van der Waals surface area (Å²) in [5.41, 5.74) is 0.787. The maximum absolute atomic E-state index is 10.0. The zero-order valence-corrected chi connectivity index (χ0v) is 26.5. The van der Waals surface area contributed by atoms with Crippen molar-refractivity contribution in [3.63, 3.8) is 0 Å². The molecule has 0 aliphatic carbocycles. The minimum atomic E-state index is -2.17. The quantitative estimate of drug-likeness (QED) is 0.384. The summed E-state index contributed by atoms with van der Waals surface area (Å²) in [6.45, 7) is 33.5. The first-order chi connectivity index (χ1) is 14.0. The molecule has 0 spiro atoms.